The maximum atomic E-state index is 11.0. The van der Waals surface area contributed by atoms with Gasteiger partial charge in [-0.25, -0.2) is 0 Å². The van der Waals surface area contributed by atoms with E-state index in [-0.39, 0.29) is 4.90 Å². The van der Waals surface area contributed by atoms with Gasteiger partial charge < -0.3 is 0 Å². The normalized spacial score (nSPS) is 13.2. The third-order valence-corrected chi connectivity index (χ3v) is 5.22. The number of hydrogen-bond donors (Lipinski definition) is 1. The van der Waals surface area contributed by atoms with Gasteiger partial charge in [-0.05, 0) is 30.0 Å². The monoisotopic (exact) mass is 340 g/mol. The summed E-state index contributed by atoms with van der Waals surface area (Å²) in [5, 5.41) is 0. The van der Waals surface area contributed by atoms with Crippen LogP contribution in [0.25, 0.3) is 0 Å². The van der Waals surface area contributed by atoms with E-state index in [2.05, 4.69) is 13.8 Å². The lowest BCUT2D eigenvalue weighted by Crippen LogP contribution is -2.02. The maximum absolute atomic E-state index is 11.0. The Hall–Kier alpha value is -0.870. The summed E-state index contributed by atoms with van der Waals surface area (Å²) in [5.74, 6) is 0.603. The molecule has 0 aromatic heterocycles. The van der Waals surface area contributed by atoms with Gasteiger partial charge >= 0.3 is 0 Å². The van der Waals surface area contributed by atoms with Crippen LogP contribution in [0.1, 0.15) is 77.2 Å². The molecular weight excluding hydrogens is 308 g/mol. The van der Waals surface area contributed by atoms with Crippen molar-refractivity contribution in [1.29, 1.82) is 0 Å². The third kappa shape index (κ3) is 9.11. The van der Waals surface area contributed by atoms with Gasteiger partial charge in [0.25, 0.3) is 10.1 Å². The van der Waals surface area contributed by atoms with Crippen LogP contribution in [0.3, 0.4) is 0 Å². The fraction of sp³-hybridized carbons (Fsp3) is 0.684. The lowest BCUT2D eigenvalue weighted by atomic mass is 9.95. The van der Waals surface area contributed by atoms with Gasteiger partial charge in [0.1, 0.15) is 0 Å². The number of unbranched alkanes of at least 4 members (excludes halogenated alkanes) is 7. The molecule has 4 heteroatoms. The molecular formula is C19H32O3S. The molecule has 1 N–H and O–H groups in total. The molecule has 0 saturated carbocycles. The van der Waals surface area contributed by atoms with E-state index in [9.17, 15) is 8.42 Å². The highest BCUT2D eigenvalue weighted by molar-refractivity contribution is 7.85. The van der Waals surface area contributed by atoms with E-state index < -0.39 is 10.1 Å². The quantitative estimate of drug-likeness (QED) is 0.395. The van der Waals surface area contributed by atoms with E-state index in [0.717, 1.165) is 12.0 Å². The Kier molecular flexibility index (Phi) is 9.49. The third-order valence-electron chi connectivity index (χ3n) is 4.36. The van der Waals surface area contributed by atoms with Crippen molar-refractivity contribution in [2.75, 3.05) is 0 Å². The summed E-state index contributed by atoms with van der Waals surface area (Å²) < 4.78 is 31.0. The van der Waals surface area contributed by atoms with Crippen molar-refractivity contribution in [3.8, 4) is 0 Å². The van der Waals surface area contributed by atoms with Gasteiger partial charge in [0, 0.05) is 0 Å². The van der Waals surface area contributed by atoms with Gasteiger partial charge in [-0.2, -0.15) is 8.42 Å². The van der Waals surface area contributed by atoms with Crippen LogP contribution in [0.4, 0.5) is 0 Å². The highest BCUT2D eigenvalue weighted by Gasteiger charge is 2.09. The van der Waals surface area contributed by atoms with Crippen LogP contribution in [-0.4, -0.2) is 13.0 Å². The van der Waals surface area contributed by atoms with Gasteiger partial charge in [-0.1, -0.05) is 83.8 Å². The Morgan fingerprint density at radius 1 is 0.913 bits per heavy atom. The van der Waals surface area contributed by atoms with Gasteiger partial charge in [0.2, 0.25) is 0 Å². The van der Waals surface area contributed by atoms with Gasteiger partial charge in [-0.15, -0.1) is 0 Å². The van der Waals surface area contributed by atoms with Crippen molar-refractivity contribution < 1.29 is 13.0 Å². The molecule has 0 bridgehead atoms. The fourth-order valence-corrected chi connectivity index (χ4v) is 3.41. The molecule has 3 nitrogen and oxygen atoms in total. The van der Waals surface area contributed by atoms with Crippen LogP contribution in [0.15, 0.2) is 29.2 Å². The van der Waals surface area contributed by atoms with Crippen molar-refractivity contribution in [2.45, 2.75) is 83.0 Å². The number of benzene rings is 1. The van der Waals surface area contributed by atoms with Crippen molar-refractivity contribution in [2.24, 2.45) is 5.92 Å². The molecule has 1 atom stereocenters. The van der Waals surface area contributed by atoms with Crippen LogP contribution < -0.4 is 0 Å². The zero-order valence-corrected chi connectivity index (χ0v) is 15.4. The van der Waals surface area contributed by atoms with Gasteiger partial charge in [0.15, 0.2) is 0 Å². The van der Waals surface area contributed by atoms with Crippen molar-refractivity contribution in [3.63, 3.8) is 0 Å². The Morgan fingerprint density at radius 3 is 1.96 bits per heavy atom. The first-order valence-electron chi connectivity index (χ1n) is 9.00. The summed E-state index contributed by atoms with van der Waals surface area (Å²) in [6.07, 6.45) is 12.9. The van der Waals surface area contributed by atoms with E-state index in [0.29, 0.717) is 5.92 Å². The second kappa shape index (κ2) is 10.8. The van der Waals surface area contributed by atoms with Crippen LogP contribution >= 0.6 is 0 Å². The van der Waals surface area contributed by atoms with E-state index in [1.54, 1.807) is 12.1 Å². The Balaban J connectivity index is 2.18. The summed E-state index contributed by atoms with van der Waals surface area (Å²) in [5.41, 5.74) is 1.13. The minimum atomic E-state index is -4.08. The predicted molar refractivity (Wildman–Crippen MR) is 96.4 cm³/mol. The average molecular weight is 341 g/mol. The zero-order chi connectivity index (χ0) is 17.1. The predicted octanol–water partition coefficient (Wildman–Crippen LogP) is 5.64. The standard InChI is InChI=1S/C19H32O3S/c1-3-4-5-6-7-8-9-10-11-17(2)16-18-12-14-19(15-13-18)23(20,21)22/h12-15,17H,3-11,16H2,1-2H3,(H,20,21,22). The first kappa shape index (κ1) is 20.2. The van der Waals surface area contributed by atoms with Crippen molar-refractivity contribution in [1.82, 2.24) is 0 Å². The van der Waals surface area contributed by atoms with E-state index in [1.165, 1.54) is 69.9 Å². The highest BCUT2D eigenvalue weighted by Crippen LogP contribution is 2.18. The molecule has 0 radical (unpaired) electrons. The summed E-state index contributed by atoms with van der Waals surface area (Å²) in [6.45, 7) is 4.50. The van der Waals surface area contributed by atoms with Crippen LogP contribution in [-0.2, 0) is 16.5 Å². The lowest BCUT2D eigenvalue weighted by molar-refractivity contribution is 0.478. The number of rotatable bonds is 12. The Morgan fingerprint density at radius 2 is 1.43 bits per heavy atom. The molecule has 0 heterocycles. The van der Waals surface area contributed by atoms with E-state index in [4.69, 9.17) is 4.55 Å². The van der Waals surface area contributed by atoms with Gasteiger partial charge in [-0.3, -0.25) is 4.55 Å². The summed E-state index contributed by atoms with van der Waals surface area (Å²) >= 11 is 0. The first-order valence-corrected chi connectivity index (χ1v) is 10.4. The molecule has 23 heavy (non-hydrogen) atoms. The highest BCUT2D eigenvalue weighted by atomic mass is 32.2. The largest absolute Gasteiger partial charge is 0.294 e. The summed E-state index contributed by atoms with van der Waals surface area (Å²) in [4.78, 5) is -0.0306. The lowest BCUT2D eigenvalue weighted by Gasteiger charge is -2.11. The molecule has 132 valence electrons. The molecule has 0 saturated heterocycles. The van der Waals surface area contributed by atoms with Crippen LogP contribution in [0.2, 0.25) is 0 Å². The average Bonchev–Trinajstić information content (AvgIpc) is 2.49. The maximum Gasteiger partial charge on any atom is 0.294 e. The van der Waals surface area contributed by atoms with Crippen LogP contribution in [0, 0.1) is 5.92 Å². The zero-order valence-electron chi connectivity index (χ0n) is 14.6. The van der Waals surface area contributed by atoms with Crippen molar-refractivity contribution in [3.05, 3.63) is 29.8 Å². The molecule has 0 spiro atoms. The minimum absolute atomic E-state index is 0.0306. The Bertz CT molecular complexity index is 520. The van der Waals surface area contributed by atoms with E-state index >= 15 is 0 Å². The minimum Gasteiger partial charge on any atom is -0.282 e. The first-order chi connectivity index (χ1) is 10.9. The SMILES string of the molecule is CCCCCCCCCCC(C)Cc1ccc(S(=O)(=O)O)cc1. The van der Waals surface area contributed by atoms with Crippen molar-refractivity contribution >= 4 is 10.1 Å². The van der Waals surface area contributed by atoms with Crippen LogP contribution in [0.5, 0.6) is 0 Å². The summed E-state index contributed by atoms with van der Waals surface area (Å²) in [6, 6.07) is 6.56. The summed E-state index contributed by atoms with van der Waals surface area (Å²) in [7, 11) is -4.08. The molecule has 1 aromatic carbocycles. The molecule has 0 aliphatic heterocycles. The smallest absolute Gasteiger partial charge is 0.282 e. The number of hydrogen-bond acceptors (Lipinski definition) is 2. The second-order valence-electron chi connectivity index (χ2n) is 6.69. The molecule has 0 aliphatic carbocycles. The molecule has 0 fully saturated rings. The van der Waals surface area contributed by atoms with Gasteiger partial charge in [0.05, 0.1) is 4.90 Å². The Labute approximate surface area is 142 Å². The molecule has 1 unspecified atom stereocenters. The molecule has 1 rings (SSSR count). The topological polar surface area (TPSA) is 54.4 Å². The second-order valence-corrected chi connectivity index (χ2v) is 8.11. The fourth-order valence-electron chi connectivity index (χ4n) is 2.93. The van der Waals surface area contributed by atoms with E-state index in [1.807, 2.05) is 0 Å². The molecule has 0 amide bonds. The molecule has 1 aromatic rings. The molecule has 0 aliphatic rings.